The molecule has 1 fully saturated rings. The molecule has 2 N–H and O–H groups in total. The van der Waals surface area contributed by atoms with Gasteiger partial charge >= 0.3 is 0 Å². The minimum Gasteiger partial charge on any atom is -0.493 e. The monoisotopic (exact) mass is 263 g/mol. The zero-order valence-electron chi connectivity index (χ0n) is 12.0. The second-order valence-electron chi connectivity index (χ2n) is 5.38. The molecule has 19 heavy (non-hydrogen) atoms. The minimum absolute atomic E-state index is 0.0104. The highest BCUT2D eigenvalue weighted by molar-refractivity contribution is 5.39. The van der Waals surface area contributed by atoms with Crippen molar-refractivity contribution >= 4 is 0 Å². The summed E-state index contributed by atoms with van der Waals surface area (Å²) in [6.45, 7) is 6.67. The SMILES string of the molecule is CCc1ccc(OCC2CCOCC2)c(C(C)N)c1. The van der Waals surface area contributed by atoms with Crippen molar-refractivity contribution in [2.24, 2.45) is 11.7 Å². The van der Waals surface area contributed by atoms with Crippen molar-refractivity contribution in [1.29, 1.82) is 0 Å². The lowest BCUT2D eigenvalue weighted by molar-refractivity contribution is 0.0495. The zero-order valence-corrected chi connectivity index (χ0v) is 12.0. The van der Waals surface area contributed by atoms with Crippen molar-refractivity contribution < 1.29 is 9.47 Å². The Morgan fingerprint density at radius 2 is 2.11 bits per heavy atom. The van der Waals surface area contributed by atoms with E-state index in [1.165, 1.54) is 5.56 Å². The first-order chi connectivity index (χ1) is 9.20. The van der Waals surface area contributed by atoms with E-state index in [-0.39, 0.29) is 6.04 Å². The highest BCUT2D eigenvalue weighted by Gasteiger charge is 2.16. The largest absolute Gasteiger partial charge is 0.493 e. The lowest BCUT2D eigenvalue weighted by Crippen LogP contribution is -2.22. The highest BCUT2D eigenvalue weighted by atomic mass is 16.5. The van der Waals surface area contributed by atoms with Crippen molar-refractivity contribution in [2.45, 2.75) is 39.2 Å². The summed E-state index contributed by atoms with van der Waals surface area (Å²) in [7, 11) is 0. The first-order valence-corrected chi connectivity index (χ1v) is 7.29. The van der Waals surface area contributed by atoms with E-state index in [9.17, 15) is 0 Å². The molecule has 0 aromatic heterocycles. The normalized spacial score (nSPS) is 18.3. The topological polar surface area (TPSA) is 44.5 Å². The summed E-state index contributed by atoms with van der Waals surface area (Å²) in [5, 5.41) is 0. The van der Waals surface area contributed by atoms with Crippen molar-refractivity contribution in [3.8, 4) is 5.75 Å². The van der Waals surface area contributed by atoms with Crippen LogP contribution >= 0.6 is 0 Å². The van der Waals surface area contributed by atoms with E-state index in [0.29, 0.717) is 5.92 Å². The molecular formula is C16H25NO2. The van der Waals surface area contributed by atoms with Gasteiger partial charge in [-0.25, -0.2) is 0 Å². The molecule has 1 aliphatic rings. The van der Waals surface area contributed by atoms with Crippen LogP contribution in [0.5, 0.6) is 5.75 Å². The van der Waals surface area contributed by atoms with Gasteiger partial charge in [0.05, 0.1) is 6.61 Å². The average molecular weight is 263 g/mol. The van der Waals surface area contributed by atoms with Crippen LogP contribution in [0.15, 0.2) is 18.2 Å². The molecule has 1 unspecified atom stereocenters. The van der Waals surface area contributed by atoms with Crippen molar-refractivity contribution in [3.63, 3.8) is 0 Å². The van der Waals surface area contributed by atoms with E-state index in [1.54, 1.807) is 0 Å². The van der Waals surface area contributed by atoms with E-state index < -0.39 is 0 Å². The Morgan fingerprint density at radius 1 is 1.37 bits per heavy atom. The molecule has 106 valence electrons. The van der Waals surface area contributed by atoms with Gasteiger partial charge in [0.25, 0.3) is 0 Å². The quantitative estimate of drug-likeness (QED) is 0.888. The summed E-state index contributed by atoms with van der Waals surface area (Å²) in [5.41, 5.74) is 8.47. The first-order valence-electron chi connectivity index (χ1n) is 7.29. The molecule has 0 radical (unpaired) electrons. The van der Waals surface area contributed by atoms with Crippen LogP contribution < -0.4 is 10.5 Å². The Bertz CT molecular complexity index is 398. The molecule has 0 spiro atoms. The predicted molar refractivity (Wildman–Crippen MR) is 77.5 cm³/mol. The van der Waals surface area contributed by atoms with Crippen LogP contribution in [0.2, 0.25) is 0 Å². The molecule has 0 bridgehead atoms. The molecule has 1 heterocycles. The van der Waals surface area contributed by atoms with Gasteiger partial charge in [-0.2, -0.15) is 0 Å². The van der Waals surface area contributed by atoms with Crippen LogP contribution in [0.25, 0.3) is 0 Å². The fourth-order valence-corrected chi connectivity index (χ4v) is 2.43. The fourth-order valence-electron chi connectivity index (χ4n) is 2.43. The van der Waals surface area contributed by atoms with Gasteiger partial charge in [-0.1, -0.05) is 19.1 Å². The zero-order chi connectivity index (χ0) is 13.7. The maximum Gasteiger partial charge on any atom is 0.124 e. The lowest BCUT2D eigenvalue weighted by atomic mass is 10.0. The molecule has 1 aromatic rings. The van der Waals surface area contributed by atoms with E-state index in [4.69, 9.17) is 15.2 Å². The summed E-state index contributed by atoms with van der Waals surface area (Å²) >= 11 is 0. The number of aryl methyl sites for hydroxylation is 1. The second-order valence-corrected chi connectivity index (χ2v) is 5.38. The van der Waals surface area contributed by atoms with Crippen LogP contribution in [0.3, 0.4) is 0 Å². The third-order valence-corrected chi connectivity index (χ3v) is 3.79. The number of ether oxygens (including phenoxy) is 2. The van der Waals surface area contributed by atoms with Gasteiger partial charge in [0, 0.05) is 24.8 Å². The van der Waals surface area contributed by atoms with Gasteiger partial charge in [0.15, 0.2) is 0 Å². The van der Waals surface area contributed by atoms with Gasteiger partial charge in [0.1, 0.15) is 5.75 Å². The molecule has 1 aliphatic heterocycles. The molecule has 1 atom stereocenters. The van der Waals surface area contributed by atoms with Crippen LogP contribution in [0.4, 0.5) is 0 Å². The summed E-state index contributed by atoms with van der Waals surface area (Å²) in [4.78, 5) is 0. The molecular weight excluding hydrogens is 238 g/mol. The molecule has 1 aromatic carbocycles. The van der Waals surface area contributed by atoms with Crippen LogP contribution in [-0.2, 0) is 11.2 Å². The molecule has 1 saturated heterocycles. The third-order valence-electron chi connectivity index (χ3n) is 3.79. The Labute approximate surface area is 116 Å². The Kier molecular flexibility index (Phi) is 5.23. The fraction of sp³-hybridized carbons (Fsp3) is 0.625. The van der Waals surface area contributed by atoms with Crippen molar-refractivity contribution in [1.82, 2.24) is 0 Å². The predicted octanol–water partition coefficient (Wildman–Crippen LogP) is 3.07. The Morgan fingerprint density at radius 3 is 2.74 bits per heavy atom. The van der Waals surface area contributed by atoms with Gasteiger partial charge in [0.2, 0.25) is 0 Å². The summed E-state index contributed by atoms with van der Waals surface area (Å²) in [6, 6.07) is 6.38. The number of hydrogen-bond acceptors (Lipinski definition) is 3. The second kappa shape index (κ2) is 6.92. The first kappa shape index (κ1) is 14.4. The van der Waals surface area contributed by atoms with Gasteiger partial charge < -0.3 is 15.2 Å². The standard InChI is InChI=1S/C16H25NO2/c1-3-13-4-5-16(15(10-13)12(2)17)19-11-14-6-8-18-9-7-14/h4-5,10,12,14H,3,6-9,11,17H2,1-2H3. The van der Waals surface area contributed by atoms with Crippen LogP contribution in [0, 0.1) is 5.92 Å². The van der Waals surface area contributed by atoms with Crippen LogP contribution in [0.1, 0.15) is 43.9 Å². The average Bonchev–Trinajstić information content (AvgIpc) is 2.46. The van der Waals surface area contributed by atoms with E-state index in [1.807, 2.05) is 6.92 Å². The molecule has 2 rings (SSSR count). The maximum absolute atomic E-state index is 6.05. The minimum atomic E-state index is 0.0104. The van der Waals surface area contributed by atoms with Crippen LogP contribution in [-0.4, -0.2) is 19.8 Å². The molecule has 0 saturated carbocycles. The van der Waals surface area contributed by atoms with Crippen molar-refractivity contribution in [2.75, 3.05) is 19.8 Å². The van der Waals surface area contributed by atoms with Gasteiger partial charge in [-0.05, 0) is 43.7 Å². The smallest absolute Gasteiger partial charge is 0.124 e. The number of hydrogen-bond donors (Lipinski definition) is 1. The summed E-state index contributed by atoms with van der Waals surface area (Å²) < 4.78 is 11.4. The Hall–Kier alpha value is -1.06. The third kappa shape index (κ3) is 3.95. The molecule has 3 nitrogen and oxygen atoms in total. The van der Waals surface area contributed by atoms with Gasteiger partial charge in [-0.15, -0.1) is 0 Å². The molecule has 3 heteroatoms. The Balaban J connectivity index is 2.02. The van der Waals surface area contributed by atoms with E-state index >= 15 is 0 Å². The van der Waals surface area contributed by atoms with E-state index in [2.05, 4.69) is 25.1 Å². The number of nitrogens with two attached hydrogens (primary N) is 1. The summed E-state index contributed by atoms with van der Waals surface area (Å²) in [6.07, 6.45) is 3.22. The van der Waals surface area contributed by atoms with Gasteiger partial charge in [-0.3, -0.25) is 0 Å². The number of benzene rings is 1. The molecule has 0 amide bonds. The number of rotatable bonds is 5. The maximum atomic E-state index is 6.05. The summed E-state index contributed by atoms with van der Waals surface area (Å²) in [5.74, 6) is 1.55. The highest BCUT2D eigenvalue weighted by Crippen LogP contribution is 2.27. The lowest BCUT2D eigenvalue weighted by Gasteiger charge is -2.23. The van der Waals surface area contributed by atoms with E-state index in [0.717, 1.165) is 50.4 Å². The molecule has 0 aliphatic carbocycles. The van der Waals surface area contributed by atoms with Crippen molar-refractivity contribution in [3.05, 3.63) is 29.3 Å².